The van der Waals surface area contributed by atoms with E-state index in [4.69, 9.17) is 5.11 Å². The van der Waals surface area contributed by atoms with Crippen molar-refractivity contribution in [2.45, 2.75) is 13.8 Å². The highest BCUT2D eigenvalue weighted by Crippen LogP contribution is 2.26. The molecule has 0 aromatic heterocycles. The monoisotopic (exact) mass is 244 g/mol. The third-order valence-electron chi connectivity index (χ3n) is 2.75. The van der Waals surface area contributed by atoms with E-state index in [9.17, 15) is 9.18 Å². The highest BCUT2D eigenvalue weighted by molar-refractivity contribution is 5.89. The SMILES string of the molecule is Cc1cc(C)cc(-c2cc(C(=O)O)ccc2F)c1. The summed E-state index contributed by atoms with van der Waals surface area (Å²) in [5, 5.41) is 8.93. The number of carboxylic acid groups (broad SMARTS) is 1. The maximum absolute atomic E-state index is 13.8. The average molecular weight is 244 g/mol. The second kappa shape index (κ2) is 4.61. The third kappa shape index (κ3) is 2.40. The highest BCUT2D eigenvalue weighted by Gasteiger charge is 2.10. The summed E-state index contributed by atoms with van der Waals surface area (Å²) >= 11 is 0. The predicted molar refractivity (Wildman–Crippen MR) is 68.3 cm³/mol. The quantitative estimate of drug-likeness (QED) is 0.872. The molecular formula is C15H13FO2. The van der Waals surface area contributed by atoms with Crippen LogP contribution in [-0.4, -0.2) is 11.1 Å². The Morgan fingerprint density at radius 3 is 2.22 bits per heavy atom. The summed E-state index contributed by atoms with van der Waals surface area (Å²) in [4.78, 5) is 10.9. The van der Waals surface area contributed by atoms with E-state index in [0.717, 1.165) is 11.1 Å². The van der Waals surface area contributed by atoms with Crippen molar-refractivity contribution in [2.75, 3.05) is 0 Å². The van der Waals surface area contributed by atoms with Crippen LogP contribution in [0, 0.1) is 19.7 Å². The fourth-order valence-corrected chi connectivity index (χ4v) is 2.01. The first-order valence-corrected chi connectivity index (χ1v) is 5.59. The molecule has 0 aliphatic heterocycles. The maximum Gasteiger partial charge on any atom is 0.335 e. The molecule has 0 fully saturated rings. The summed E-state index contributed by atoms with van der Waals surface area (Å²) in [5.74, 6) is -1.47. The van der Waals surface area contributed by atoms with Gasteiger partial charge in [0, 0.05) is 5.56 Å². The van der Waals surface area contributed by atoms with Gasteiger partial charge >= 0.3 is 5.97 Å². The largest absolute Gasteiger partial charge is 0.478 e. The summed E-state index contributed by atoms with van der Waals surface area (Å²) in [7, 11) is 0. The molecule has 0 saturated carbocycles. The Morgan fingerprint density at radius 2 is 1.67 bits per heavy atom. The Bertz CT molecular complexity index is 598. The smallest absolute Gasteiger partial charge is 0.335 e. The summed E-state index contributed by atoms with van der Waals surface area (Å²) in [6, 6.07) is 9.50. The van der Waals surface area contributed by atoms with Crippen LogP contribution >= 0.6 is 0 Å². The molecule has 2 rings (SSSR count). The zero-order valence-corrected chi connectivity index (χ0v) is 10.2. The average Bonchev–Trinajstić information content (AvgIpc) is 2.27. The first-order chi connectivity index (χ1) is 8.47. The molecule has 92 valence electrons. The molecule has 0 aliphatic carbocycles. The number of carboxylic acids is 1. The van der Waals surface area contributed by atoms with E-state index in [1.165, 1.54) is 18.2 Å². The number of hydrogen-bond donors (Lipinski definition) is 1. The fourth-order valence-electron chi connectivity index (χ4n) is 2.01. The van der Waals surface area contributed by atoms with Crippen molar-refractivity contribution in [3.05, 3.63) is 58.9 Å². The topological polar surface area (TPSA) is 37.3 Å². The molecule has 0 spiro atoms. The van der Waals surface area contributed by atoms with Crippen LogP contribution in [0.15, 0.2) is 36.4 Å². The number of aryl methyl sites for hydroxylation is 2. The van der Waals surface area contributed by atoms with Gasteiger partial charge in [0.2, 0.25) is 0 Å². The molecule has 0 radical (unpaired) electrons. The maximum atomic E-state index is 13.8. The summed E-state index contributed by atoms with van der Waals surface area (Å²) in [6.07, 6.45) is 0. The second-order valence-corrected chi connectivity index (χ2v) is 4.38. The molecule has 2 nitrogen and oxygen atoms in total. The zero-order chi connectivity index (χ0) is 13.3. The Labute approximate surface area is 105 Å². The first-order valence-electron chi connectivity index (χ1n) is 5.59. The van der Waals surface area contributed by atoms with Gasteiger partial charge in [0.1, 0.15) is 5.82 Å². The fraction of sp³-hybridized carbons (Fsp3) is 0.133. The van der Waals surface area contributed by atoms with Crippen molar-refractivity contribution in [1.82, 2.24) is 0 Å². The molecule has 0 unspecified atom stereocenters. The van der Waals surface area contributed by atoms with Gasteiger partial charge in [-0.2, -0.15) is 0 Å². The van der Waals surface area contributed by atoms with E-state index in [1.54, 1.807) is 0 Å². The molecule has 0 atom stereocenters. The van der Waals surface area contributed by atoms with Gasteiger partial charge < -0.3 is 5.11 Å². The molecule has 0 bridgehead atoms. The van der Waals surface area contributed by atoms with Crippen molar-refractivity contribution in [2.24, 2.45) is 0 Å². The third-order valence-corrected chi connectivity index (χ3v) is 2.75. The number of hydrogen-bond acceptors (Lipinski definition) is 1. The number of carbonyl (C=O) groups is 1. The molecule has 0 saturated heterocycles. The van der Waals surface area contributed by atoms with E-state index in [1.807, 2.05) is 32.0 Å². The first kappa shape index (κ1) is 12.3. The van der Waals surface area contributed by atoms with Crippen LogP contribution in [0.1, 0.15) is 21.5 Å². The molecule has 18 heavy (non-hydrogen) atoms. The van der Waals surface area contributed by atoms with Crippen LogP contribution in [0.5, 0.6) is 0 Å². The molecule has 2 aromatic rings. The van der Waals surface area contributed by atoms with Gasteiger partial charge in [0.05, 0.1) is 5.56 Å². The van der Waals surface area contributed by atoms with Gasteiger partial charge in [-0.25, -0.2) is 9.18 Å². The Kier molecular flexibility index (Phi) is 3.15. The number of rotatable bonds is 2. The lowest BCUT2D eigenvalue weighted by Gasteiger charge is -2.07. The van der Waals surface area contributed by atoms with Crippen LogP contribution in [0.4, 0.5) is 4.39 Å². The van der Waals surface area contributed by atoms with Gasteiger partial charge in [-0.05, 0) is 37.6 Å². The summed E-state index contributed by atoms with van der Waals surface area (Å²) in [5.41, 5.74) is 3.15. The van der Waals surface area contributed by atoms with Crippen molar-refractivity contribution < 1.29 is 14.3 Å². The molecule has 0 amide bonds. The molecular weight excluding hydrogens is 231 g/mol. The number of aromatic carboxylic acids is 1. The predicted octanol–water partition coefficient (Wildman–Crippen LogP) is 3.81. The van der Waals surface area contributed by atoms with Crippen LogP contribution in [0.3, 0.4) is 0 Å². The van der Waals surface area contributed by atoms with E-state index in [-0.39, 0.29) is 5.56 Å². The van der Waals surface area contributed by atoms with Gasteiger partial charge in [-0.15, -0.1) is 0 Å². The molecule has 2 aromatic carbocycles. The number of benzene rings is 2. The lowest BCUT2D eigenvalue weighted by Crippen LogP contribution is -1.98. The normalized spacial score (nSPS) is 10.4. The van der Waals surface area contributed by atoms with Gasteiger partial charge in [-0.3, -0.25) is 0 Å². The van der Waals surface area contributed by atoms with E-state index < -0.39 is 11.8 Å². The zero-order valence-electron chi connectivity index (χ0n) is 10.2. The van der Waals surface area contributed by atoms with Crippen molar-refractivity contribution in [3.8, 4) is 11.1 Å². The standard InChI is InChI=1S/C15H13FO2/c1-9-5-10(2)7-12(6-9)13-8-11(15(17)18)3-4-14(13)16/h3-8H,1-2H3,(H,17,18). The Hall–Kier alpha value is -2.16. The van der Waals surface area contributed by atoms with Gasteiger partial charge in [0.15, 0.2) is 0 Å². The minimum atomic E-state index is -1.05. The molecule has 0 aliphatic rings. The van der Waals surface area contributed by atoms with Crippen LogP contribution in [0.2, 0.25) is 0 Å². The summed E-state index contributed by atoms with van der Waals surface area (Å²) in [6.45, 7) is 3.85. The number of halogens is 1. The molecule has 1 N–H and O–H groups in total. The molecule has 3 heteroatoms. The Balaban J connectivity index is 2.62. The van der Waals surface area contributed by atoms with E-state index in [2.05, 4.69) is 0 Å². The molecule has 0 heterocycles. The van der Waals surface area contributed by atoms with E-state index >= 15 is 0 Å². The highest BCUT2D eigenvalue weighted by atomic mass is 19.1. The van der Waals surface area contributed by atoms with Crippen LogP contribution in [0.25, 0.3) is 11.1 Å². The Morgan fingerprint density at radius 1 is 1.06 bits per heavy atom. The van der Waals surface area contributed by atoms with Crippen LogP contribution < -0.4 is 0 Å². The van der Waals surface area contributed by atoms with E-state index in [0.29, 0.717) is 11.1 Å². The lowest BCUT2D eigenvalue weighted by atomic mass is 9.99. The van der Waals surface area contributed by atoms with Crippen LogP contribution in [-0.2, 0) is 0 Å². The lowest BCUT2D eigenvalue weighted by molar-refractivity contribution is 0.0697. The van der Waals surface area contributed by atoms with Crippen molar-refractivity contribution >= 4 is 5.97 Å². The summed E-state index contributed by atoms with van der Waals surface area (Å²) < 4.78 is 13.8. The van der Waals surface area contributed by atoms with Gasteiger partial charge in [-0.1, -0.05) is 29.3 Å². The van der Waals surface area contributed by atoms with Gasteiger partial charge in [0.25, 0.3) is 0 Å². The minimum Gasteiger partial charge on any atom is -0.478 e. The van der Waals surface area contributed by atoms with Crippen molar-refractivity contribution in [3.63, 3.8) is 0 Å². The second-order valence-electron chi connectivity index (χ2n) is 4.38. The minimum absolute atomic E-state index is 0.0885. The van der Waals surface area contributed by atoms with Crippen molar-refractivity contribution in [1.29, 1.82) is 0 Å².